The molecule has 0 aliphatic carbocycles. The van der Waals surface area contributed by atoms with Crippen LogP contribution in [0.4, 0.5) is 0 Å². The van der Waals surface area contributed by atoms with Gasteiger partial charge in [0.1, 0.15) is 0 Å². The van der Waals surface area contributed by atoms with Crippen molar-refractivity contribution in [1.29, 1.82) is 0 Å². The van der Waals surface area contributed by atoms with Gasteiger partial charge < -0.3 is 5.32 Å². The van der Waals surface area contributed by atoms with E-state index in [0.717, 1.165) is 31.5 Å². The maximum atomic E-state index is 12.5. The second-order valence-electron chi connectivity index (χ2n) is 4.40. The van der Waals surface area contributed by atoms with Gasteiger partial charge in [0.15, 0.2) is 5.78 Å². The number of hydrogen-bond acceptors (Lipinski definition) is 2. The first-order chi connectivity index (χ1) is 7.68. The Morgan fingerprint density at radius 1 is 1.56 bits per heavy atom. The van der Waals surface area contributed by atoms with E-state index >= 15 is 0 Å². The summed E-state index contributed by atoms with van der Waals surface area (Å²) in [6.45, 7) is 3.80. The molecule has 2 nitrogen and oxygen atoms in total. The predicted molar refractivity (Wildman–Crippen MR) is 66.0 cm³/mol. The number of ketones is 1. The van der Waals surface area contributed by atoms with Crippen LogP contribution >= 0.6 is 11.6 Å². The van der Waals surface area contributed by atoms with Crippen molar-refractivity contribution in [3.8, 4) is 0 Å². The lowest BCUT2D eigenvalue weighted by Crippen LogP contribution is -2.32. The molecule has 1 unspecified atom stereocenters. The number of nitrogens with one attached hydrogen (secondary N) is 1. The molecule has 1 aliphatic heterocycles. The number of carbonyl (C=O) groups excluding carboxylic acids is 1. The molecule has 1 saturated heterocycles. The zero-order valence-electron chi connectivity index (χ0n) is 9.42. The minimum Gasteiger partial charge on any atom is -0.316 e. The third-order valence-electron chi connectivity index (χ3n) is 3.49. The molecule has 0 radical (unpaired) electrons. The largest absolute Gasteiger partial charge is 0.316 e. The molecule has 2 rings (SSSR count). The molecular weight excluding hydrogens is 222 g/mol. The molecule has 1 N–H and O–H groups in total. The van der Waals surface area contributed by atoms with E-state index in [4.69, 9.17) is 11.6 Å². The van der Waals surface area contributed by atoms with Gasteiger partial charge in [-0.25, -0.2) is 0 Å². The van der Waals surface area contributed by atoms with Crippen LogP contribution in [0.5, 0.6) is 0 Å². The zero-order valence-corrected chi connectivity index (χ0v) is 10.2. The Bertz CT molecular complexity index is 397. The summed E-state index contributed by atoms with van der Waals surface area (Å²) in [5, 5.41) is 3.90. The molecule has 1 fully saturated rings. The van der Waals surface area contributed by atoms with Crippen molar-refractivity contribution in [2.45, 2.75) is 19.8 Å². The second-order valence-corrected chi connectivity index (χ2v) is 4.84. The highest BCUT2D eigenvalue weighted by Crippen LogP contribution is 2.33. The molecule has 3 heteroatoms. The zero-order chi connectivity index (χ0) is 11.6. The molecule has 1 heterocycles. The molecule has 1 atom stereocenters. The lowest BCUT2D eigenvalue weighted by molar-refractivity contribution is 0.0810. The molecule has 86 valence electrons. The fourth-order valence-electron chi connectivity index (χ4n) is 2.34. The minimum absolute atomic E-state index is 0.218. The Labute approximate surface area is 101 Å². The van der Waals surface area contributed by atoms with Gasteiger partial charge in [0, 0.05) is 22.5 Å². The van der Waals surface area contributed by atoms with E-state index in [1.54, 1.807) is 12.1 Å². The summed E-state index contributed by atoms with van der Waals surface area (Å²) in [6.07, 6.45) is 1.81. The van der Waals surface area contributed by atoms with E-state index in [2.05, 4.69) is 12.2 Å². The average Bonchev–Trinajstić information content (AvgIpc) is 2.78. The Balaban J connectivity index is 2.30. The highest BCUT2D eigenvalue weighted by atomic mass is 35.5. The van der Waals surface area contributed by atoms with E-state index < -0.39 is 0 Å². The Morgan fingerprint density at radius 3 is 2.94 bits per heavy atom. The molecular formula is C13H16ClNO. The molecule has 0 amide bonds. The van der Waals surface area contributed by atoms with Crippen LogP contribution in [0.15, 0.2) is 24.3 Å². The summed E-state index contributed by atoms with van der Waals surface area (Å²) in [6, 6.07) is 7.24. The van der Waals surface area contributed by atoms with Gasteiger partial charge in [-0.1, -0.05) is 30.7 Å². The van der Waals surface area contributed by atoms with Crippen LogP contribution < -0.4 is 5.32 Å². The highest BCUT2D eigenvalue weighted by Gasteiger charge is 2.39. The van der Waals surface area contributed by atoms with Crippen LogP contribution in [-0.2, 0) is 0 Å². The lowest BCUT2D eigenvalue weighted by atomic mass is 9.77. The number of Topliss-reactive ketones (excluding diaryl/α,β-unsaturated/α-hetero) is 1. The van der Waals surface area contributed by atoms with E-state index in [1.165, 1.54) is 0 Å². The minimum atomic E-state index is -0.218. The monoisotopic (exact) mass is 237 g/mol. The molecule has 0 saturated carbocycles. The van der Waals surface area contributed by atoms with Crippen molar-refractivity contribution >= 4 is 17.4 Å². The standard InChI is InChI=1S/C13H16ClNO/c1-2-13(6-7-15-9-13)12(16)10-4-3-5-11(14)8-10/h3-5,8,15H,2,6-7,9H2,1H3. The number of benzene rings is 1. The SMILES string of the molecule is CCC1(C(=O)c2cccc(Cl)c2)CCNC1. The third-order valence-corrected chi connectivity index (χ3v) is 3.72. The van der Waals surface area contributed by atoms with Gasteiger partial charge in [-0.05, 0) is 31.5 Å². The number of hydrogen-bond donors (Lipinski definition) is 1. The van der Waals surface area contributed by atoms with Crippen molar-refractivity contribution < 1.29 is 4.79 Å². The Hall–Kier alpha value is -0.860. The van der Waals surface area contributed by atoms with Gasteiger partial charge in [-0.2, -0.15) is 0 Å². The molecule has 0 spiro atoms. The average molecular weight is 238 g/mol. The topological polar surface area (TPSA) is 29.1 Å². The fraction of sp³-hybridized carbons (Fsp3) is 0.462. The van der Waals surface area contributed by atoms with Gasteiger partial charge in [0.25, 0.3) is 0 Å². The van der Waals surface area contributed by atoms with Crippen LogP contribution in [0, 0.1) is 5.41 Å². The van der Waals surface area contributed by atoms with E-state index in [-0.39, 0.29) is 11.2 Å². The van der Waals surface area contributed by atoms with Crippen LogP contribution in [0.25, 0.3) is 0 Å². The molecule has 16 heavy (non-hydrogen) atoms. The highest BCUT2D eigenvalue weighted by molar-refractivity contribution is 6.31. The van der Waals surface area contributed by atoms with E-state index in [9.17, 15) is 4.79 Å². The van der Waals surface area contributed by atoms with Crippen LogP contribution in [0.3, 0.4) is 0 Å². The summed E-state index contributed by atoms with van der Waals surface area (Å²) in [5.74, 6) is 0.225. The third kappa shape index (κ3) is 2.00. The van der Waals surface area contributed by atoms with Crippen molar-refractivity contribution in [1.82, 2.24) is 5.32 Å². The Kier molecular flexibility index (Phi) is 3.31. The first-order valence-corrected chi connectivity index (χ1v) is 6.07. The van der Waals surface area contributed by atoms with Crippen molar-refractivity contribution in [3.05, 3.63) is 34.9 Å². The number of halogens is 1. The molecule has 1 aromatic carbocycles. The van der Waals surface area contributed by atoms with Crippen molar-refractivity contribution in [2.75, 3.05) is 13.1 Å². The normalized spacial score (nSPS) is 24.6. The summed E-state index contributed by atoms with van der Waals surface area (Å²) in [5.41, 5.74) is 0.517. The molecule has 0 bridgehead atoms. The predicted octanol–water partition coefficient (Wildman–Crippen LogP) is 2.91. The fourth-order valence-corrected chi connectivity index (χ4v) is 2.53. The van der Waals surface area contributed by atoms with E-state index in [1.807, 2.05) is 12.1 Å². The summed E-state index contributed by atoms with van der Waals surface area (Å²) in [7, 11) is 0. The van der Waals surface area contributed by atoms with Gasteiger partial charge in [0.05, 0.1) is 0 Å². The summed E-state index contributed by atoms with van der Waals surface area (Å²) >= 11 is 5.92. The van der Waals surface area contributed by atoms with Gasteiger partial charge in [-0.3, -0.25) is 4.79 Å². The first kappa shape index (κ1) is 11.6. The number of carbonyl (C=O) groups is 1. The van der Waals surface area contributed by atoms with Crippen molar-refractivity contribution in [2.24, 2.45) is 5.41 Å². The molecule has 1 aromatic rings. The second kappa shape index (κ2) is 4.56. The molecule has 0 aromatic heterocycles. The summed E-state index contributed by atoms with van der Waals surface area (Å²) < 4.78 is 0. The van der Waals surface area contributed by atoms with Gasteiger partial charge in [0.2, 0.25) is 0 Å². The maximum absolute atomic E-state index is 12.5. The smallest absolute Gasteiger partial charge is 0.170 e. The maximum Gasteiger partial charge on any atom is 0.170 e. The van der Waals surface area contributed by atoms with Crippen LogP contribution in [0.1, 0.15) is 30.1 Å². The van der Waals surface area contributed by atoms with E-state index in [0.29, 0.717) is 5.02 Å². The van der Waals surface area contributed by atoms with Crippen LogP contribution in [-0.4, -0.2) is 18.9 Å². The van der Waals surface area contributed by atoms with Gasteiger partial charge >= 0.3 is 0 Å². The van der Waals surface area contributed by atoms with Crippen LogP contribution in [0.2, 0.25) is 5.02 Å². The molecule has 1 aliphatic rings. The van der Waals surface area contributed by atoms with Gasteiger partial charge in [-0.15, -0.1) is 0 Å². The lowest BCUT2D eigenvalue weighted by Gasteiger charge is -2.24. The quantitative estimate of drug-likeness (QED) is 0.819. The Morgan fingerprint density at radius 2 is 2.38 bits per heavy atom. The summed E-state index contributed by atoms with van der Waals surface area (Å²) in [4.78, 5) is 12.5. The first-order valence-electron chi connectivity index (χ1n) is 5.69. The number of rotatable bonds is 3. The van der Waals surface area contributed by atoms with Crippen molar-refractivity contribution in [3.63, 3.8) is 0 Å².